The van der Waals surface area contributed by atoms with E-state index < -0.39 is 18.4 Å². The molecule has 0 aliphatic carbocycles. The summed E-state index contributed by atoms with van der Waals surface area (Å²) >= 11 is 0. The number of amides is 1. The van der Waals surface area contributed by atoms with Gasteiger partial charge in [-0.15, -0.1) is 5.10 Å². The summed E-state index contributed by atoms with van der Waals surface area (Å²) < 4.78 is 55.6. The maximum absolute atomic E-state index is 13.5. The maximum atomic E-state index is 13.5. The van der Waals surface area contributed by atoms with Gasteiger partial charge in [-0.25, -0.2) is 8.78 Å². The largest absolute Gasteiger partial charge is 0.435 e. The molecule has 0 spiro atoms. The number of hydrogen-bond acceptors (Lipinski definition) is 4. The van der Waals surface area contributed by atoms with E-state index >= 15 is 0 Å². The Balaban J connectivity index is 1.79. The van der Waals surface area contributed by atoms with Crippen LogP contribution in [0.2, 0.25) is 0 Å². The molecule has 0 fully saturated rings. The average Bonchev–Trinajstić information content (AvgIpc) is 3.03. The van der Waals surface area contributed by atoms with Crippen molar-refractivity contribution in [2.45, 2.75) is 26.4 Å². The van der Waals surface area contributed by atoms with Crippen LogP contribution in [0.15, 0.2) is 48.5 Å². The lowest BCUT2D eigenvalue weighted by atomic mass is 10.1. The van der Waals surface area contributed by atoms with E-state index in [4.69, 9.17) is 0 Å². The van der Waals surface area contributed by atoms with E-state index in [1.807, 2.05) is 0 Å². The topological polar surface area (TPSA) is 69.0 Å². The Morgan fingerprint density at radius 3 is 2.45 bits per heavy atom. The van der Waals surface area contributed by atoms with E-state index in [-0.39, 0.29) is 22.7 Å². The number of nitrogens with zero attached hydrogens (tertiary/aromatic N) is 3. The monoisotopic (exact) mass is 408 g/mol. The molecule has 0 saturated carbocycles. The normalized spacial score (nSPS) is 11.6. The number of halogens is 4. The van der Waals surface area contributed by atoms with Crippen molar-refractivity contribution in [1.29, 1.82) is 0 Å². The van der Waals surface area contributed by atoms with Gasteiger partial charge in [0.25, 0.3) is 11.8 Å². The number of rotatable bonds is 6. The molecule has 0 radical (unpaired) electrons. The Hall–Kier alpha value is -3.43. The summed E-state index contributed by atoms with van der Waals surface area (Å²) in [5, 5.41) is 10.7. The molecule has 1 amide bonds. The van der Waals surface area contributed by atoms with Crippen molar-refractivity contribution in [3.05, 3.63) is 65.5 Å². The minimum Gasteiger partial charge on any atom is -0.435 e. The van der Waals surface area contributed by atoms with Crippen molar-refractivity contribution >= 4 is 11.6 Å². The molecule has 2 aromatic carbocycles. The quantitative estimate of drug-likeness (QED) is 0.608. The third kappa shape index (κ3) is 4.89. The minimum atomic E-state index is -3.04. The number of aryl methyl sites for hydroxylation is 1. The van der Waals surface area contributed by atoms with Gasteiger partial charge in [0.1, 0.15) is 5.75 Å². The Labute approximate surface area is 163 Å². The highest BCUT2D eigenvalue weighted by Crippen LogP contribution is 2.28. The van der Waals surface area contributed by atoms with Crippen molar-refractivity contribution in [2.75, 3.05) is 5.32 Å². The van der Waals surface area contributed by atoms with Crippen molar-refractivity contribution < 1.29 is 27.1 Å². The van der Waals surface area contributed by atoms with Crippen molar-refractivity contribution in [2.24, 2.45) is 0 Å². The van der Waals surface area contributed by atoms with Crippen molar-refractivity contribution in [3.8, 4) is 11.4 Å². The highest BCUT2D eigenvalue weighted by molar-refractivity contribution is 6.03. The van der Waals surface area contributed by atoms with Crippen LogP contribution in [-0.4, -0.2) is 27.5 Å². The predicted molar refractivity (Wildman–Crippen MR) is 96.7 cm³/mol. The molecule has 1 heterocycles. The molecule has 1 N–H and O–H groups in total. The minimum absolute atomic E-state index is 0.00781. The third-order valence-corrected chi connectivity index (χ3v) is 3.92. The zero-order valence-corrected chi connectivity index (χ0v) is 15.4. The van der Waals surface area contributed by atoms with Gasteiger partial charge in [-0.1, -0.05) is 12.1 Å². The first-order valence-corrected chi connectivity index (χ1v) is 8.42. The number of carbonyl (C=O) groups excluding carboxylic acids is 1. The van der Waals surface area contributed by atoms with Crippen LogP contribution in [0.1, 0.15) is 28.7 Å². The standard InChI is InChI=1S/C19H16F4N4O2/c1-11-16(17(28)24-13-5-3-4-12(10-13)19(2,22)23)26-27(25-11)14-6-8-15(9-7-14)29-18(20)21/h3-10,18H,1-2H3,(H,24,28). The number of benzene rings is 2. The summed E-state index contributed by atoms with van der Waals surface area (Å²) in [7, 11) is 0. The molecule has 0 aliphatic heterocycles. The van der Waals surface area contributed by atoms with Crippen LogP contribution in [0, 0.1) is 6.92 Å². The molecular weight excluding hydrogens is 392 g/mol. The van der Waals surface area contributed by atoms with Crippen LogP contribution in [0.25, 0.3) is 5.69 Å². The van der Waals surface area contributed by atoms with Crippen LogP contribution in [0.3, 0.4) is 0 Å². The number of ether oxygens (including phenoxy) is 1. The fourth-order valence-electron chi connectivity index (χ4n) is 2.53. The summed E-state index contributed by atoms with van der Waals surface area (Å²) in [6, 6.07) is 10.9. The van der Waals surface area contributed by atoms with Crippen LogP contribution in [0.4, 0.5) is 23.2 Å². The number of alkyl halides is 4. The molecule has 29 heavy (non-hydrogen) atoms. The van der Waals surface area contributed by atoms with Crippen molar-refractivity contribution in [1.82, 2.24) is 15.0 Å². The lowest BCUT2D eigenvalue weighted by Crippen LogP contribution is -2.15. The van der Waals surface area contributed by atoms with E-state index in [0.29, 0.717) is 11.4 Å². The van der Waals surface area contributed by atoms with Crippen LogP contribution < -0.4 is 10.1 Å². The van der Waals surface area contributed by atoms with Gasteiger partial charge < -0.3 is 10.1 Å². The van der Waals surface area contributed by atoms with Gasteiger partial charge in [0.15, 0.2) is 5.69 Å². The van der Waals surface area contributed by atoms with Gasteiger partial charge in [0.2, 0.25) is 0 Å². The van der Waals surface area contributed by atoms with Crippen LogP contribution in [-0.2, 0) is 5.92 Å². The van der Waals surface area contributed by atoms with Gasteiger partial charge in [0.05, 0.1) is 11.4 Å². The Morgan fingerprint density at radius 1 is 1.14 bits per heavy atom. The maximum Gasteiger partial charge on any atom is 0.387 e. The molecule has 1 aromatic heterocycles. The number of nitrogens with one attached hydrogen (secondary N) is 1. The van der Waals surface area contributed by atoms with Gasteiger partial charge in [-0.2, -0.15) is 18.7 Å². The first-order chi connectivity index (χ1) is 13.6. The number of carbonyl (C=O) groups is 1. The van der Waals surface area contributed by atoms with Crippen molar-refractivity contribution in [3.63, 3.8) is 0 Å². The molecule has 6 nitrogen and oxygen atoms in total. The molecule has 152 valence electrons. The predicted octanol–water partition coefficient (Wildman–Crippen LogP) is 4.54. The summed E-state index contributed by atoms with van der Waals surface area (Å²) in [6.45, 7) is -0.614. The molecule has 10 heteroatoms. The molecule has 0 saturated heterocycles. The van der Waals surface area contributed by atoms with Crippen LogP contribution >= 0.6 is 0 Å². The van der Waals surface area contributed by atoms with E-state index in [2.05, 4.69) is 20.3 Å². The van der Waals surface area contributed by atoms with Crippen LogP contribution in [0.5, 0.6) is 5.75 Å². The number of anilines is 1. The lowest BCUT2D eigenvalue weighted by molar-refractivity contribution is -0.0498. The zero-order valence-electron chi connectivity index (χ0n) is 15.4. The van der Waals surface area contributed by atoms with Gasteiger partial charge in [-0.3, -0.25) is 4.79 Å². The third-order valence-electron chi connectivity index (χ3n) is 3.92. The second-order valence-electron chi connectivity index (χ2n) is 6.22. The fourth-order valence-corrected chi connectivity index (χ4v) is 2.53. The highest BCUT2D eigenvalue weighted by atomic mass is 19.3. The number of hydrogen-bond donors (Lipinski definition) is 1. The van der Waals surface area contributed by atoms with E-state index in [1.54, 1.807) is 6.92 Å². The average molecular weight is 408 g/mol. The Bertz CT molecular complexity index is 1010. The summed E-state index contributed by atoms with van der Waals surface area (Å²) in [6.07, 6.45) is 0. The Kier molecular flexibility index (Phi) is 5.53. The molecule has 0 aliphatic rings. The molecule has 0 atom stereocenters. The SMILES string of the molecule is Cc1nn(-c2ccc(OC(F)F)cc2)nc1C(=O)Nc1cccc(C(C)(F)F)c1. The second-order valence-corrected chi connectivity index (χ2v) is 6.22. The molecule has 3 rings (SSSR count). The molecule has 0 unspecified atom stereocenters. The first kappa shape index (κ1) is 20.3. The van der Waals surface area contributed by atoms with Gasteiger partial charge in [0, 0.05) is 18.2 Å². The lowest BCUT2D eigenvalue weighted by Gasteiger charge is -2.12. The Morgan fingerprint density at radius 2 is 1.83 bits per heavy atom. The van der Waals surface area contributed by atoms with Gasteiger partial charge in [-0.05, 0) is 43.3 Å². The zero-order chi connectivity index (χ0) is 21.2. The fraction of sp³-hybridized carbons (Fsp3) is 0.211. The summed E-state index contributed by atoms with van der Waals surface area (Å²) in [4.78, 5) is 13.7. The highest BCUT2D eigenvalue weighted by Gasteiger charge is 2.25. The summed E-state index contributed by atoms with van der Waals surface area (Å²) in [5.41, 5.74) is 0.665. The number of aromatic nitrogens is 3. The first-order valence-electron chi connectivity index (χ1n) is 8.42. The molecular formula is C19H16F4N4O2. The second kappa shape index (κ2) is 7.90. The van der Waals surface area contributed by atoms with E-state index in [1.165, 1.54) is 48.5 Å². The smallest absolute Gasteiger partial charge is 0.387 e. The molecule has 3 aromatic rings. The molecule has 0 bridgehead atoms. The van der Waals surface area contributed by atoms with Gasteiger partial charge >= 0.3 is 6.61 Å². The van der Waals surface area contributed by atoms with E-state index in [0.717, 1.165) is 11.7 Å². The summed E-state index contributed by atoms with van der Waals surface area (Å²) in [5.74, 6) is -3.69. The van der Waals surface area contributed by atoms with E-state index in [9.17, 15) is 22.4 Å².